The van der Waals surface area contributed by atoms with Crippen molar-refractivity contribution in [2.75, 3.05) is 7.05 Å². The third-order valence-electron chi connectivity index (χ3n) is 3.38. The van der Waals surface area contributed by atoms with Crippen molar-refractivity contribution in [3.63, 3.8) is 0 Å². The normalized spacial score (nSPS) is 14.8. The van der Waals surface area contributed by atoms with Crippen LogP contribution >= 0.6 is 22.7 Å². The molecule has 2 aromatic rings. The fourth-order valence-electron chi connectivity index (χ4n) is 2.33. The Bertz CT molecular complexity index is 530. The van der Waals surface area contributed by atoms with Gasteiger partial charge in [0, 0.05) is 22.3 Å². The summed E-state index contributed by atoms with van der Waals surface area (Å²) in [4.78, 5) is 9.35. The van der Waals surface area contributed by atoms with Crippen LogP contribution in [-0.4, -0.2) is 23.0 Å². The Morgan fingerprint density at radius 1 is 1.37 bits per heavy atom. The maximum absolute atomic E-state index is 6.22. The van der Waals surface area contributed by atoms with E-state index in [4.69, 9.17) is 5.73 Å². The maximum Gasteiger partial charge on any atom is 0.0798 e. The van der Waals surface area contributed by atoms with Crippen LogP contribution in [-0.2, 0) is 6.54 Å². The van der Waals surface area contributed by atoms with Crippen molar-refractivity contribution in [1.82, 2.24) is 9.88 Å². The molecule has 19 heavy (non-hydrogen) atoms. The number of likely N-dealkylation sites (N-methyl/N-ethyl adjacent to an activating group) is 1. The summed E-state index contributed by atoms with van der Waals surface area (Å²) in [6, 6.07) is 2.54. The molecule has 0 aliphatic carbocycles. The standard InChI is InChI=1S/C14H21N3S2/c1-9-5-6-18-14(9)13(10(2)15)17(4)7-12-11(3)16-8-19-12/h5-6,8,10,13H,7,15H2,1-4H3. The maximum atomic E-state index is 6.22. The predicted molar refractivity (Wildman–Crippen MR) is 83.8 cm³/mol. The summed E-state index contributed by atoms with van der Waals surface area (Å²) < 4.78 is 0. The van der Waals surface area contributed by atoms with E-state index in [1.165, 1.54) is 15.3 Å². The van der Waals surface area contributed by atoms with Crippen molar-refractivity contribution >= 4 is 22.7 Å². The van der Waals surface area contributed by atoms with Crippen LogP contribution < -0.4 is 5.73 Å². The Kier molecular flexibility index (Phi) is 4.73. The first kappa shape index (κ1) is 14.7. The van der Waals surface area contributed by atoms with E-state index in [9.17, 15) is 0 Å². The molecule has 0 amide bonds. The average molecular weight is 295 g/mol. The van der Waals surface area contributed by atoms with Gasteiger partial charge in [0.2, 0.25) is 0 Å². The van der Waals surface area contributed by atoms with E-state index in [2.05, 4.69) is 49.1 Å². The average Bonchev–Trinajstić information content (AvgIpc) is 2.90. The van der Waals surface area contributed by atoms with Crippen molar-refractivity contribution in [1.29, 1.82) is 0 Å². The number of aryl methyl sites for hydroxylation is 2. The van der Waals surface area contributed by atoms with E-state index in [1.807, 2.05) is 5.51 Å². The number of hydrogen-bond donors (Lipinski definition) is 1. The lowest BCUT2D eigenvalue weighted by molar-refractivity contribution is 0.215. The van der Waals surface area contributed by atoms with E-state index >= 15 is 0 Å². The number of aromatic nitrogens is 1. The van der Waals surface area contributed by atoms with E-state index in [1.54, 1.807) is 22.7 Å². The van der Waals surface area contributed by atoms with Crippen molar-refractivity contribution in [2.24, 2.45) is 5.73 Å². The van der Waals surface area contributed by atoms with Gasteiger partial charge in [-0.05, 0) is 44.8 Å². The first-order chi connectivity index (χ1) is 9.00. The van der Waals surface area contributed by atoms with E-state index < -0.39 is 0 Å². The van der Waals surface area contributed by atoms with Gasteiger partial charge >= 0.3 is 0 Å². The second kappa shape index (κ2) is 6.13. The molecule has 2 N–H and O–H groups in total. The van der Waals surface area contributed by atoms with Crippen LogP contribution in [0.3, 0.4) is 0 Å². The Morgan fingerprint density at radius 2 is 2.11 bits per heavy atom. The molecule has 0 aromatic carbocycles. The molecule has 2 aromatic heterocycles. The monoisotopic (exact) mass is 295 g/mol. The molecule has 2 atom stereocenters. The molecule has 2 heterocycles. The minimum absolute atomic E-state index is 0.107. The Labute approximate surface area is 123 Å². The molecule has 3 nitrogen and oxygen atoms in total. The lowest BCUT2D eigenvalue weighted by Gasteiger charge is -2.30. The van der Waals surface area contributed by atoms with Crippen LogP contribution in [0.25, 0.3) is 0 Å². The van der Waals surface area contributed by atoms with E-state index in [0.29, 0.717) is 0 Å². The molecule has 0 radical (unpaired) electrons. The fraction of sp³-hybridized carbons (Fsp3) is 0.500. The van der Waals surface area contributed by atoms with Crippen LogP contribution in [0.5, 0.6) is 0 Å². The second-order valence-corrected chi connectivity index (χ2v) is 6.93. The third-order valence-corrected chi connectivity index (χ3v) is 5.39. The highest BCUT2D eigenvalue weighted by atomic mass is 32.1. The molecular weight excluding hydrogens is 274 g/mol. The molecule has 104 valence electrons. The van der Waals surface area contributed by atoms with Gasteiger partial charge in [-0.2, -0.15) is 0 Å². The summed E-state index contributed by atoms with van der Waals surface area (Å²) in [5, 5.41) is 2.14. The molecular formula is C14H21N3S2. The number of hydrogen-bond acceptors (Lipinski definition) is 5. The molecule has 5 heteroatoms. The van der Waals surface area contributed by atoms with Crippen molar-refractivity contribution < 1.29 is 0 Å². The van der Waals surface area contributed by atoms with Gasteiger partial charge in [0.15, 0.2) is 0 Å². The number of rotatable bonds is 5. The minimum atomic E-state index is 0.107. The number of nitrogens with two attached hydrogens (primary N) is 1. The Hall–Kier alpha value is -0.750. The van der Waals surface area contributed by atoms with Gasteiger partial charge in [0.1, 0.15) is 0 Å². The summed E-state index contributed by atoms with van der Waals surface area (Å²) >= 11 is 3.52. The quantitative estimate of drug-likeness (QED) is 0.920. The summed E-state index contributed by atoms with van der Waals surface area (Å²) in [5.74, 6) is 0. The van der Waals surface area contributed by atoms with Gasteiger partial charge in [-0.3, -0.25) is 4.90 Å². The molecule has 2 unspecified atom stereocenters. The minimum Gasteiger partial charge on any atom is -0.326 e. The molecule has 2 rings (SSSR count). The number of thiophene rings is 1. The summed E-state index contributed by atoms with van der Waals surface area (Å²) in [7, 11) is 2.15. The van der Waals surface area contributed by atoms with Gasteiger partial charge in [0.05, 0.1) is 17.2 Å². The summed E-state index contributed by atoms with van der Waals surface area (Å²) in [6.07, 6.45) is 0. The fourth-order valence-corrected chi connectivity index (χ4v) is 4.38. The van der Waals surface area contributed by atoms with Gasteiger partial charge < -0.3 is 5.73 Å². The smallest absolute Gasteiger partial charge is 0.0798 e. The molecule has 0 bridgehead atoms. The predicted octanol–water partition coefficient (Wildman–Crippen LogP) is 3.34. The van der Waals surface area contributed by atoms with Crippen LogP contribution in [0, 0.1) is 13.8 Å². The van der Waals surface area contributed by atoms with Gasteiger partial charge in [-0.1, -0.05) is 0 Å². The third kappa shape index (κ3) is 3.23. The topological polar surface area (TPSA) is 42.1 Å². The van der Waals surface area contributed by atoms with Crippen molar-refractivity contribution in [2.45, 2.75) is 39.4 Å². The van der Waals surface area contributed by atoms with Gasteiger partial charge in [0.25, 0.3) is 0 Å². The van der Waals surface area contributed by atoms with E-state index in [0.717, 1.165) is 12.2 Å². The van der Waals surface area contributed by atoms with Crippen LogP contribution in [0.4, 0.5) is 0 Å². The van der Waals surface area contributed by atoms with Crippen molar-refractivity contribution in [3.05, 3.63) is 38.0 Å². The van der Waals surface area contributed by atoms with Gasteiger partial charge in [-0.25, -0.2) is 4.98 Å². The SMILES string of the molecule is Cc1ccsc1C(C(C)N)N(C)Cc1scnc1C. The first-order valence-electron chi connectivity index (χ1n) is 6.39. The number of nitrogens with zero attached hydrogens (tertiary/aromatic N) is 2. The summed E-state index contributed by atoms with van der Waals surface area (Å²) in [5.41, 5.74) is 10.6. The molecule has 0 aliphatic heterocycles. The highest BCUT2D eigenvalue weighted by Gasteiger charge is 2.24. The van der Waals surface area contributed by atoms with Crippen molar-refractivity contribution in [3.8, 4) is 0 Å². The van der Waals surface area contributed by atoms with Crippen LogP contribution in [0.15, 0.2) is 17.0 Å². The molecule has 0 saturated heterocycles. The Balaban J connectivity index is 2.21. The highest BCUT2D eigenvalue weighted by Crippen LogP contribution is 2.31. The highest BCUT2D eigenvalue weighted by molar-refractivity contribution is 7.10. The van der Waals surface area contributed by atoms with Crippen LogP contribution in [0.1, 0.15) is 34.0 Å². The Morgan fingerprint density at radius 3 is 2.58 bits per heavy atom. The van der Waals surface area contributed by atoms with Crippen LogP contribution in [0.2, 0.25) is 0 Å². The van der Waals surface area contributed by atoms with E-state index in [-0.39, 0.29) is 12.1 Å². The second-order valence-electron chi connectivity index (χ2n) is 5.05. The van der Waals surface area contributed by atoms with Gasteiger partial charge in [-0.15, -0.1) is 22.7 Å². The zero-order valence-corrected chi connectivity index (χ0v) is 13.5. The molecule has 0 fully saturated rings. The molecule has 0 aliphatic rings. The first-order valence-corrected chi connectivity index (χ1v) is 8.15. The zero-order valence-electron chi connectivity index (χ0n) is 11.9. The summed E-state index contributed by atoms with van der Waals surface area (Å²) in [6.45, 7) is 7.21. The zero-order chi connectivity index (χ0) is 14.0. The lowest BCUT2D eigenvalue weighted by atomic mass is 10.0. The molecule has 0 saturated carbocycles. The molecule has 0 spiro atoms. The number of thiazole rings is 1. The largest absolute Gasteiger partial charge is 0.326 e. The lowest BCUT2D eigenvalue weighted by Crippen LogP contribution is -2.36.